The van der Waals surface area contributed by atoms with Crippen LogP contribution in [0.4, 0.5) is 5.69 Å². The number of anilines is 1. The minimum absolute atomic E-state index is 0.0446. The van der Waals surface area contributed by atoms with Gasteiger partial charge in [0.1, 0.15) is 9.86 Å². The lowest BCUT2D eigenvalue weighted by atomic mass is 9.95. The first-order valence-corrected chi connectivity index (χ1v) is 14.3. The molecular weight excluding hydrogens is 495 g/mol. The number of fused-ring (bicyclic) bond motifs is 3. The molecule has 0 fully saturated rings. The van der Waals surface area contributed by atoms with E-state index < -0.39 is 0 Å². The van der Waals surface area contributed by atoms with Gasteiger partial charge in [-0.3, -0.25) is 4.79 Å². The molecule has 1 N–H and O–H groups in total. The van der Waals surface area contributed by atoms with Crippen LogP contribution in [0.25, 0.3) is 10.2 Å². The highest BCUT2D eigenvalue weighted by molar-refractivity contribution is 8.00. The fourth-order valence-electron chi connectivity index (χ4n) is 3.95. The van der Waals surface area contributed by atoms with E-state index in [1.807, 2.05) is 49.4 Å². The molecule has 0 unspecified atom stereocenters. The van der Waals surface area contributed by atoms with E-state index in [0.29, 0.717) is 6.61 Å². The molecule has 0 bridgehead atoms. The summed E-state index contributed by atoms with van der Waals surface area (Å²) in [6.45, 7) is 6.86. The predicted molar refractivity (Wildman–Crippen MR) is 147 cm³/mol. The van der Waals surface area contributed by atoms with Gasteiger partial charge in [0.25, 0.3) is 0 Å². The van der Waals surface area contributed by atoms with Crippen LogP contribution in [0, 0.1) is 6.92 Å². The highest BCUT2D eigenvalue weighted by Crippen LogP contribution is 2.42. The van der Waals surface area contributed by atoms with Gasteiger partial charge in [-0.1, -0.05) is 71.6 Å². The Morgan fingerprint density at radius 2 is 1.86 bits per heavy atom. The third-order valence-corrected chi connectivity index (χ3v) is 8.76. The van der Waals surface area contributed by atoms with Gasteiger partial charge in [0.15, 0.2) is 5.16 Å². The zero-order valence-electron chi connectivity index (χ0n) is 20.0. The zero-order valence-corrected chi connectivity index (χ0v) is 22.4. The van der Waals surface area contributed by atoms with E-state index in [2.05, 4.69) is 31.3 Å². The second kappa shape index (κ2) is 10.3. The Balaban J connectivity index is 1.41. The third-order valence-electron chi connectivity index (χ3n) is 5.76. The van der Waals surface area contributed by atoms with Crippen molar-refractivity contribution in [2.24, 2.45) is 0 Å². The van der Waals surface area contributed by atoms with E-state index >= 15 is 0 Å². The smallest absolute Gasteiger partial charge is 0.234 e. The van der Waals surface area contributed by atoms with Crippen LogP contribution in [0.3, 0.4) is 0 Å². The van der Waals surface area contributed by atoms with Crippen molar-refractivity contribution in [3.8, 4) is 0 Å². The minimum atomic E-state index is -0.230. The summed E-state index contributed by atoms with van der Waals surface area (Å²) >= 11 is 4.79. The van der Waals surface area contributed by atoms with E-state index in [-0.39, 0.29) is 17.3 Å². The summed E-state index contributed by atoms with van der Waals surface area (Å²) in [7, 11) is 0. The number of hydrogen-bond donors (Lipinski definition) is 1. The van der Waals surface area contributed by atoms with Crippen molar-refractivity contribution in [2.45, 2.75) is 55.3 Å². The number of amides is 1. The minimum Gasteiger partial charge on any atom is -0.370 e. The molecule has 4 aromatic rings. The second-order valence-electron chi connectivity index (χ2n) is 9.20. The molecule has 1 aliphatic heterocycles. The summed E-state index contributed by atoms with van der Waals surface area (Å²) in [6.07, 6.45) is 0.811. The molecule has 0 saturated heterocycles. The van der Waals surface area contributed by atoms with Crippen molar-refractivity contribution in [2.75, 3.05) is 11.1 Å². The van der Waals surface area contributed by atoms with Gasteiger partial charge in [-0.15, -0.1) is 11.3 Å². The Morgan fingerprint density at radius 3 is 2.63 bits per heavy atom. The lowest BCUT2D eigenvalue weighted by Crippen LogP contribution is -2.31. The monoisotopic (exact) mass is 521 g/mol. The topological polar surface area (TPSA) is 64.1 Å². The third kappa shape index (κ3) is 5.89. The number of thiophene rings is 1. The number of carbonyl (C=O) groups excluding carboxylic acids is 1. The highest BCUT2D eigenvalue weighted by Gasteiger charge is 2.31. The molecule has 180 valence electrons. The summed E-state index contributed by atoms with van der Waals surface area (Å²) in [5.41, 5.74) is 4.23. The van der Waals surface area contributed by atoms with Gasteiger partial charge in [-0.2, -0.15) is 0 Å². The number of thioether (sulfide) groups is 2. The summed E-state index contributed by atoms with van der Waals surface area (Å²) in [4.78, 5) is 24.8. The molecule has 5 rings (SSSR count). The number of ether oxygens (including phenoxy) is 1. The molecule has 5 nitrogen and oxygen atoms in total. The average Bonchev–Trinajstić information content (AvgIpc) is 3.20. The maximum Gasteiger partial charge on any atom is 0.234 e. The summed E-state index contributed by atoms with van der Waals surface area (Å²) in [5, 5.41) is 5.69. The van der Waals surface area contributed by atoms with Crippen molar-refractivity contribution >= 4 is 56.7 Å². The van der Waals surface area contributed by atoms with Crippen LogP contribution in [0.5, 0.6) is 0 Å². The van der Waals surface area contributed by atoms with E-state index in [1.54, 1.807) is 23.1 Å². The number of aromatic nitrogens is 2. The van der Waals surface area contributed by atoms with Crippen molar-refractivity contribution in [3.05, 3.63) is 76.2 Å². The fourth-order valence-corrected chi connectivity index (χ4v) is 6.89. The van der Waals surface area contributed by atoms with Crippen LogP contribution < -0.4 is 5.32 Å². The molecule has 1 amide bonds. The number of benzene rings is 2. The van der Waals surface area contributed by atoms with E-state index in [0.717, 1.165) is 43.8 Å². The van der Waals surface area contributed by atoms with Crippen LogP contribution in [0.2, 0.25) is 0 Å². The lowest BCUT2D eigenvalue weighted by Gasteiger charge is -2.30. The molecule has 0 saturated carbocycles. The van der Waals surface area contributed by atoms with Gasteiger partial charge < -0.3 is 10.1 Å². The number of nitrogens with one attached hydrogen (secondary N) is 1. The number of aryl methyl sites for hydroxylation is 1. The molecule has 0 atom stereocenters. The number of rotatable bonds is 7. The van der Waals surface area contributed by atoms with E-state index in [4.69, 9.17) is 14.7 Å². The summed E-state index contributed by atoms with van der Waals surface area (Å²) in [6, 6.07) is 18.2. The van der Waals surface area contributed by atoms with Gasteiger partial charge in [-0.25, -0.2) is 9.97 Å². The van der Waals surface area contributed by atoms with Crippen molar-refractivity contribution < 1.29 is 9.53 Å². The molecule has 35 heavy (non-hydrogen) atoms. The molecule has 8 heteroatoms. The Morgan fingerprint density at radius 1 is 1.09 bits per heavy atom. The van der Waals surface area contributed by atoms with Crippen molar-refractivity contribution in [3.63, 3.8) is 0 Å². The van der Waals surface area contributed by atoms with Gasteiger partial charge in [0, 0.05) is 28.1 Å². The molecule has 3 heterocycles. The molecular formula is C27H27N3O2S3. The highest BCUT2D eigenvalue weighted by atomic mass is 32.2. The van der Waals surface area contributed by atoms with Crippen molar-refractivity contribution in [1.82, 2.24) is 9.97 Å². The molecule has 1 aliphatic rings. The second-order valence-corrected chi connectivity index (χ2v) is 12.2. The average molecular weight is 522 g/mol. The maximum absolute atomic E-state index is 12.7. The van der Waals surface area contributed by atoms with E-state index in [9.17, 15) is 4.79 Å². The van der Waals surface area contributed by atoms with Gasteiger partial charge in [0.2, 0.25) is 5.91 Å². The Bertz CT molecular complexity index is 1350. The summed E-state index contributed by atoms with van der Waals surface area (Å²) < 4.78 is 6.06. The molecule has 0 spiro atoms. The largest absolute Gasteiger partial charge is 0.370 e. The first-order valence-electron chi connectivity index (χ1n) is 11.5. The first-order chi connectivity index (χ1) is 16.9. The van der Waals surface area contributed by atoms with Crippen molar-refractivity contribution in [1.29, 1.82) is 0 Å². The van der Waals surface area contributed by atoms with Gasteiger partial charge in [-0.05, 0) is 44.0 Å². The molecule has 2 aromatic carbocycles. The first kappa shape index (κ1) is 24.3. The maximum atomic E-state index is 12.7. The normalized spacial score (nSPS) is 14.6. The number of carbonyl (C=O) groups is 1. The van der Waals surface area contributed by atoms with Crippen LogP contribution in [0.1, 0.15) is 35.4 Å². The Labute approximate surface area is 218 Å². The number of nitrogens with zero attached hydrogens (tertiary/aromatic N) is 2. The predicted octanol–water partition coefficient (Wildman–Crippen LogP) is 6.87. The number of hydrogen-bond acceptors (Lipinski definition) is 7. The zero-order chi connectivity index (χ0) is 24.4. The van der Waals surface area contributed by atoms with Crippen LogP contribution in [0.15, 0.2) is 64.8 Å². The summed E-state index contributed by atoms with van der Waals surface area (Å²) in [5.74, 6) is 1.04. The Kier molecular flexibility index (Phi) is 7.16. The lowest BCUT2D eigenvalue weighted by molar-refractivity contribution is -0.113. The molecule has 2 aromatic heterocycles. The van der Waals surface area contributed by atoms with Crippen LogP contribution in [-0.4, -0.2) is 27.2 Å². The molecule has 0 radical (unpaired) electrons. The fraction of sp³-hybridized carbons (Fsp3) is 0.296. The standard InChI is InChI=1S/C27H27N3O2S3/c1-17-9-11-19(12-10-17)28-22(31)16-33-24-23-20-13-27(2,3)32-14-21(20)35-25(23)30-26(29-24)34-15-18-7-5-4-6-8-18/h4-12H,13-16H2,1-3H3,(H,28,31). The molecule has 0 aliphatic carbocycles. The van der Waals surface area contributed by atoms with E-state index in [1.165, 1.54) is 27.8 Å². The SMILES string of the molecule is Cc1ccc(NC(=O)CSc2nc(SCc3ccccc3)nc3sc4c(c23)CC(C)(C)OC4)cc1. The Hall–Kier alpha value is -2.39. The van der Waals surface area contributed by atoms with Gasteiger partial charge >= 0.3 is 0 Å². The quantitative estimate of drug-likeness (QED) is 0.163. The van der Waals surface area contributed by atoms with Crippen LogP contribution in [-0.2, 0) is 28.3 Å². The van der Waals surface area contributed by atoms with Gasteiger partial charge in [0.05, 0.1) is 18.0 Å². The van der Waals surface area contributed by atoms with Crippen LogP contribution >= 0.6 is 34.9 Å².